The van der Waals surface area contributed by atoms with Gasteiger partial charge in [0.25, 0.3) is 0 Å². The first-order valence-electron chi connectivity index (χ1n) is 5.85. The Morgan fingerprint density at radius 1 is 1.22 bits per heavy atom. The highest BCUT2D eigenvalue weighted by atomic mass is 16.6. The van der Waals surface area contributed by atoms with Crippen molar-refractivity contribution < 1.29 is 14.0 Å². The van der Waals surface area contributed by atoms with Crippen molar-refractivity contribution in [2.75, 3.05) is 13.2 Å². The molecule has 1 aliphatic heterocycles. The molecule has 0 amide bonds. The van der Waals surface area contributed by atoms with Crippen molar-refractivity contribution in [1.29, 1.82) is 0 Å². The van der Waals surface area contributed by atoms with Crippen molar-refractivity contribution in [3.63, 3.8) is 0 Å². The summed E-state index contributed by atoms with van der Waals surface area (Å²) in [6.45, 7) is 3.43. The number of nitrogens with two attached hydrogens (primary N) is 1. The van der Waals surface area contributed by atoms with Crippen molar-refractivity contribution in [2.24, 2.45) is 5.73 Å². The summed E-state index contributed by atoms with van der Waals surface area (Å²) >= 11 is 0. The van der Waals surface area contributed by atoms with E-state index in [9.17, 15) is 0 Å². The number of rotatable bonds is 2. The molecule has 2 N–H and O–H groups in total. The summed E-state index contributed by atoms with van der Waals surface area (Å²) in [5.41, 5.74) is 8.36. The molecule has 0 saturated heterocycles. The molecule has 0 aliphatic carbocycles. The Hall–Kier alpha value is -2.01. The van der Waals surface area contributed by atoms with Crippen LogP contribution in [0, 0.1) is 6.92 Å². The molecule has 0 fully saturated rings. The molecule has 1 aliphatic rings. The minimum Gasteiger partial charge on any atom is -0.486 e. The van der Waals surface area contributed by atoms with E-state index in [1.54, 1.807) is 0 Å². The van der Waals surface area contributed by atoms with Gasteiger partial charge >= 0.3 is 0 Å². The molecule has 0 spiro atoms. The number of aryl methyl sites for hydroxylation is 1. The van der Waals surface area contributed by atoms with E-state index in [2.05, 4.69) is 5.16 Å². The van der Waals surface area contributed by atoms with Gasteiger partial charge in [-0.25, -0.2) is 0 Å². The Morgan fingerprint density at radius 2 is 2.00 bits per heavy atom. The normalized spacial score (nSPS) is 13.7. The van der Waals surface area contributed by atoms with E-state index in [0.29, 0.717) is 25.5 Å². The van der Waals surface area contributed by atoms with Crippen LogP contribution in [0.15, 0.2) is 22.7 Å². The summed E-state index contributed by atoms with van der Waals surface area (Å²) in [6.07, 6.45) is 0. The Bertz CT molecular complexity index is 578. The minimum atomic E-state index is 0.402. The standard InChI is InChI=1S/C13H14N2O3/c1-8-10(7-14)13(18-15-8)9-2-3-11-12(6-9)17-5-4-16-11/h2-3,6H,4-5,7,14H2,1H3. The molecular weight excluding hydrogens is 232 g/mol. The van der Waals surface area contributed by atoms with Crippen LogP contribution in [0.1, 0.15) is 11.3 Å². The maximum Gasteiger partial charge on any atom is 0.171 e. The molecule has 0 atom stereocenters. The highest BCUT2D eigenvalue weighted by Gasteiger charge is 2.17. The Morgan fingerprint density at radius 3 is 2.78 bits per heavy atom. The second kappa shape index (κ2) is 4.34. The van der Waals surface area contributed by atoms with Crippen molar-refractivity contribution in [2.45, 2.75) is 13.5 Å². The molecule has 2 aromatic rings. The van der Waals surface area contributed by atoms with Crippen molar-refractivity contribution in [1.82, 2.24) is 5.16 Å². The summed E-state index contributed by atoms with van der Waals surface area (Å²) in [5, 5.41) is 3.95. The van der Waals surface area contributed by atoms with Crippen molar-refractivity contribution in [3.8, 4) is 22.8 Å². The number of aromatic nitrogens is 1. The van der Waals surface area contributed by atoms with Crippen LogP contribution < -0.4 is 15.2 Å². The molecule has 18 heavy (non-hydrogen) atoms. The lowest BCUT2D eigenvalue weighted by Gasteiger charge is -2.18. The molecule has 0 saturated carbocycles. The van der Waals surface area contributed by atoms with E-state index in [1.807, 2.05) is 25.1 Å². The lowest BCUT2D eigenvalue weighted by Crippen LogP contribution is -2.15. The van der Waals surface area contributed by atoms with Gasteiger partial charge in [0.2, 0.25) is 0 Å². The third-order valence-corrected chi connectivity index (χ3v) is 2.99. The van der Waals surface area contributed by atoms with Crippen LogP contribution in [0.2, 0.25) is 0 Å². The minimum absolute atomic E-state index is 0.402. The quantitative estimate of drug-likeness (QED) is 0.876. The van der Waals surface area contributed by atoms with Crippen LogP contribution in [-0.2, 0) is 6.54 Å². The number of fused-ring (bicyclic) bond motifs is 1. The number of hydrogen-bond acceptors (Lipinski definition) is 5. The van der Waals surface area contributed by atoms with Crippen molar-refractivity contribution in [3.05, 3.63) is 29.5 Å². The summed E-state index contributed by atoms with van der Waals surface area (Å²) in [6, 6.07) is 5.70. The van der Waals surface area contributed by atoms with Gasteiger partial charge in [-0.05, 0) is 25.1 Å². The number of hydrogen-bond donors (Lipinski definition) is 1. The molecule has 2 heterocycles. The fourth-order valence-corrected chi connectivity index (χ4v) is 2.04. The summed E-state index contributed by atoms with van der Waals surface area (Å²) in [5.74, 6) is 2.19. The lowest BCUT2D eigenvalue weighted by atomic mass is 10.1. The predicted molar refractivity (Wildman–Crippen MR) is 65.6 cm³/mol. The summed E-state index contributed by atoms with van der Waals surface area (Å²) in [4.78, 5) is 0. The van der Waals surface area contributed by atoms with E-state index in [-0.39, 0.29) is 0 Å². The smallest absolute Gasteiger partial charge is 0.171 e. The van der Waals surface area contributed by atoms with Gasteiger partial charge in [-0.15, -0.1) is 0 Å². The first-order chi connectivity index (χ1) is 8.79. The third kappa shape index (κ3) is 1.73. The van der Waals surface area contributed by atoms with Gasteiger partial charge in [-0.3, -0.25) is 0 Å². The fraction of sp³-hybridized carbons (Fsp3) is 0.308. The molecule has 0 bridgehead atoms. The van der Waals surface area contributed by atoms with Gasteiger partial charge in [0.15, 0.2) is 17.3 Å². The Labute approximate surface area is 104 Å². The van der Waals surface area contributed by atoms with Gasteiger partial charge in [0.05, 0.1) is 5.69 Å². The second-order valence-corrected chi connectivity index (χ2v) is 4.14. The van der Waals surface area contributed by atoms with Gasteiger partial charge in [-0.2, -0.15) is 0 Å². The zero-order valence-corrected chi connectivity index (χ0v) is 10.1. The van der Waals surface area contributed by atoms with Crippen LogP contribution >= 0.6 is 0 Å². The first-order valence-corrected chi connectivity index (χ1v) is 5.85. The van der Waals surface area contributed by atoms with E-state index >= 15 is 0 Å². The molecule has 5 heteroatoms. The van der Waals surface area contributed by atoms with Crippen LogP contribution in [0.25, 0.3) is 11.3 Å². The molecule has 0 radical (unpaired) electrons. The maximum absolute atomic E-state index is 5.72. The van der Waals surface area contributed by atoms with Gasteiger partial charge < -0.3 is 19.7 Å². The molecule has 5 nitrogen and oxygen atoms in total. The number of nitrogens with zero attached hydrogens (tertiary/aromatic N) is 1. The largest absolute Gasteiger partial charge is 0.486 e. The molecule has 0 unspecified atom stereocenters. The summed E-state index contributed by atoms with van der Waals surface area (Å²) in [7, 11) is 0. The zero-order chi connectivity index (χ0) is 12.5. The first kappa shape index (κ1) is 11.1. The van der Waals surface area contributed by atoms with E-state index in [4.69, 9.17) is 19.7 Å². The van der Waals surface area contributed by atoms with Crippen LogP contribution in [0.4, 0.5) is 0 Å². The van der Waals surface area contributed by atoms with Gasteiger partial charge in [-0.1, -0.05) is 5.16 Å². The SMILES string of the molecule is Cc1noc(-c2ccc3c(c2)OCCO3)c1CN. The van der Waals surface area contributed by atoms with E-state index < -0.39 is 0 Å². The number of benzene rings is 1. The predicted octanol–water partition coefficient (Wildman–Crippen LogP) is 1.88. The Balaban J connectivity index is 2.06. The molecule has 1 aromatic heterocycles. The van der Waals surface area contributed by atoms with Crippen LogP contribution in [-0.4, -0.2) is 18.4 Å². The number of ether oxygens (including phenoxy) is 2. The van der Waals surface area contributed by atoms with E-state index in [1.165, 1.54) is 0 Å². The van der Waals surface area contributed by atoms with Gasteiger partial charge in [0, 0.05) is 17.7 Å². The topological polar surface area (TPSA) is 70.5 Å². The van der Waals surface area contributed by atoms with Crippen LogP contribution in [0.3, 0.4) is 0 Å². The third-order valence-electron chi connectivity index (χ3n) is 2.99. The maximum atomic E-state index is 5.72. The van der Waals surface area contributed by atoms with Crippen LogP contribution in [0.5, 0.6) is 11.5 Å². The zero-order valence-electron chi connectivity index (χ0n) is 10.1. The molecular formula is C13H14N2O3. The average Bonchev–Trinajstić information content (AvgIpc) is 2.79. The molecule has 3 rings (SSSR count). The monoisotopic (exact) mass is 246 g/mol. The van der Waals surface area contributed by atoms with Gasteiger partial charge in [0.1, 0.15) is 13.2 Å². The summed E-state index contributed by atoms with van der Waals surface area (Å²) < 4.78 is 16.4. The molecule has 94 valence electrons. The molecule has 1 aromatic carbocycles. The highest BCUT2D eigenvalue weighted by Crippen LogP contribution is 2.36. The second-order valence-electron chi connectivity index (χ2n) is 4.14. The highest BCUT2D eigenvalue weighted by molar-refractivity contribution is 5.66. The lowest BCUT2D eigenvalue weighted by molar-refractivity contribution is 0.171. The van der Waals surface area contributed by atoms with E-state index in [0.717, 1.165) is 28.3 Å². The fourth-order valence-electron chi connectivity index (χ4n) is 2.04. The van der Waals surface area contributed by atoms with Crippen molar-refractivity contribution >= 4 is 0 Å². The average molecular weight is 246 g/mol. The Kier molecular flexibility index (Phi) is 2.68.